The lowest BCUT2D eigenvalue weighted by Crippen LogP contribution is -2.44. The van der Waals surface area contributed by atoms with Gasteiger partial charge in [-0.1, -0.05) is 0 Å². The molecule has 2 aliphatic heterocycles. The van der Waals surface area contributed by atoms with E-state index in [0.717, 1.165) is 39.0 Å². The minimum Gasteiger partial charge on any atom is -0.378 e. The van der Waals surface area contributed by atoms with E-state index < -0.39 is 0 Å². The Morgan fingerprint density at radius 1 is 1.30 bits per heavy atom. The predicted octanol–water partition coefficient (Wildman–Crippen LogP) is 0.665. The summed E-state index contributed by atoms with van der Waals surface area (Å²) in [5.41, 5.74) is 0. The van der Waals surface area contributed by atoms with Crippen molar-refractivity contribution in [3.05, 3.63) is 0 Å². The Labute approximate surface area is 134 Å². The van der Waals surface area contributed by atoms with Crippen molar-refractivity contribution in [3.8, 4) is 0 Å². The van der Waals surface area contributed by atoms with Crippen molar-refractivity contribution in [2.45, 2.75) is 31.4 Å². The number of methoxy groups -OCH3 is 1. The van der Waals surface area contributed by atoms with Gasteiger partial charge in [-0.05, 0) is 38.9 Å². The van der Waals surface area contributed by atoms with Crippen molar-refractivity contribution in [1.29, 1.82) is 0 Å². The second kappa shape index (κ2) is 9.79. The van der Waals surface area contributed by atoms with Crippen LogP contribution in [0.1, 0.15) is 19.3 Å². The van der Waals surface area contributed by atoms with E-state index in [0.29, 0.717) is 12.3 Å². The number of nitrogens with zero attached hydrogens (tertiary/aromatic N) is 1. The van der Waals surface area contributed by atoms with Crippen LogP contribution in [0.4, 0.5) is 0 Å². The van der Waals surface area contributed by atoms with Crippen molar-refractivity contribution < 1.29 is 9.53 Å². The number of rotatable bonds is 4. The Morgan fingerprint density at radius 3 is 2.55 bits per heavy atom. The number of hydrogen-bond donors (Lipinski definition) is 2. The lowest BCUT2D eigenvalue weighted by Gasteiger charge is -2.24. The van der Waals surface area contributed by atoms with Gasteiger partial charge in [0.25, 0.3) is 0 Å². The average Bonchev–Trinajstić information content (AvgIpc) is 2.70. The summed E-state index contributed by atoms with van der Waals surface area (Å²) in [5, 5.41) is 6.46. The first-order valence-electron chi connectivity index (χ1n) is 6.90. The molecule has 2 aliphatic rings. The quantitative estimate of drug-likeness (QED) is 0.796. The molecule has 120 valence electrons. The van der Waals surface area contributed by atoms with Crippen LogP contribution in [0.25, 0.3) is 0 Å². The van der Waals surface area contributed by atoms with Crippen molar-refractivity contribution >= 4 is 30.7 Å². The van der Waals surface area contributed by atoms with E-state index in [9.17, 15) is 4.79 Å². The molecule has 0 aromatic rings. The number of ether oxygens (including phenoxy) is 1. The number of likely N-dealkylation sites (N-methyl/N-ethyl adjacent to an activating group) is 1. The molecule has 0 unspecified atom stereocenters. The van der Waals surface area contributed by atoms with Gasteiger partial charge in [-0.25, -0.2) is 0 Å². The van der Waals surface area contributed by atoms with Gasteiger partial charge in [-0.15, -0.1) is 24.8 Å². The number of halogens is 2. The highest BCUT2D eigenvalue weighted by Gasteiger charge is 2.32. The van der Waals surface area contributed by atoms with Crippen molar-refractivity contribution in [2.75, 3.05) is 40.3 Å². The molecule has 0 saturated carbocycles. The maximum atomic E-state index is 12.0. The Kier molecular flexibility index (Phi) is 9.76. The molecule has 2 heterocycles. The smallest absolute Gasteiger partial charge is 0.220 e. The van der Waals surface area contributed by atoms with E-state index >= 15 is 0 Å². The Balaban J connectivity index is 0.00000180. The van der Waals surface area contributed by atoms with Crippen LogP contribution in [0.15, 0.2) is 0 Å². The van der Waals surface area contributed by atoms with Gasteiger partial charge in [0.1, 0.15) is 0 Å². The summed E-state index contributed by atoms with van der Waals surface area (Å²) in [7, 11) is 3.78. The van der Waals surface area contributed by atoms with Crippen LogP contribution >= 0.6 is 24.8 Å². The second-order valence-corrected chi connectivity index (χ2v) is 5.57. The molecule has 0 spiro atoms. The van der Waals surface area contributed by atoms with Gasteiger partial charge >= 0.3 is 0 Å². The molecule has 0 bridgehead atoms. The molecule has 5 nitrogen and oxygen atoms in total. The van der Waals surface area contributed by atoms with Gasteiger partial charge in [0.15, 0.2) is 0 Å². The lowest BCUT2D eigenvalue weighted by molar-refractivity contribution is -0.123. The topological polar surface area (TPSA) is 53.6 Å². The highest BCUT2D eigenvalue weighted by molar-refractivity contribution is 5.85. The van der Waals surface area contributed by atoms with Crippen molar-refractivity contribution in [3.63, 3.8) is 0 Å². The predicted molar refractivity (Wildman–Crippen MR) is 84.9 cm³/mol. The van der Waals surface area contributed by atoms with Crippen LogP contribution in [0.5, 0.6) is 0 Å². The fourth-order valence-electron chi connectivity index (χ4n) is 2.95. The number of likely N-dealkylation sites (tertiary alicyclic amines) is 1. The summed E-state index contributed by atoms with van der Waals surface area (Å²) in [6, 6.07) is 0.147. The number of amides is 1. The van der Waals surface area contributed by atoms with Gasteiger partial charge in [0, 0.05) is 26.6 Å². The van der Waals surface area contributed by atoms with Crippen LogP contribution < -0.4 is 10.6 Å². The maximum Gasteiger partial charge on any atom is 0.220 e. The molecule has 20 heavy (non-hydrogen) atoms. The minimum atomic E-state index is 0. The number of nitrogens with one attached hydrogen (secondary N) is 2. The fourth-order valence-corrected chi connectivity index (χ4v) is 2.95. The first-order valence-corrected chi connectivity index (χ1v) is 6.90. The third-order valence-electron chi connectivity index (χ3n) is 4.03. The number of hydrogen-bond acceptors (Lipinski definition) is 4. The molecule has 2 rings (SSSR count). The molecule has 0 aromatic heterocycles. The number of carbonyl (C=O) groups excluding carboxylic acids is 1. The van der Waals surface area contributed by atoms with Gasteiger partial charge in [0.05, 0.1) is 12.1 Å². The minimum absolute atomic E-state index is 0. The normalized spacial score (nSPS) is 27.5. The molecule has 0 radical (unpaired) electrons. The molecule has 2 N–H and O–H groups in total. The maximum absolute atomic E-state index is 12.0. The first kappa shape index (κ1) is 19.9. The third kappa shape index (κ3) is 5.74. The largest absolute Gasteiger partial charge is 0.378 e. The molecular weight excluding hydrogens is 301 g/mol. The van der Waals surface area contributed by atoms with Gasteiger partial charge in [0.2, 0.25) is 5.91 Å². The zero-order valence-electron chi connectivity index (χ0n) is 12.3. The molecule has 1 amide bonds. The number of carbonyl (C=O) groups is 1. The molecule has 0 aliphatic carbocycles. The third-order valence-corrected chi connectivity index (χ3v) is 4.03. The molecular formula is C13H27Cl2N3O2. The Hall–Kier alpha value is -0.0700. The van der Waals surface area contributed by atoms with Crippen LogP contribution in [0.2, 0.25) is 0 Å². The van der Waals surface area contributed by atoms with Gasteiger partial charge in [-0.2, -0.15) is 0 Å². The zero-order valence-corrected chi connectivity index (χ0v) is 13.9. The summed E-state index contributed by atoms with van der Waals surface area (Å²) in [4.78, 5) is 14.2. The Morgan fingerprint density at radius 2 is 1.95 bits per heavy atom. The van der Waals surface area contributed by atoms with Crippen LogP contribution in [-0.4, -0.2) is 63.3 Å². The van der Waals surface area contributed by atoms with Gasteiger partial charge < -0.3 is 20.3 Å². The summed E-state index contributed by atoms with van der Waals surface area (Å²) in [6.45, 7) is 3.88. The summed E-state index contributed by atoms with van der Waals surface area (Å²) in [6.07, 6.45) is 3.03. The average molecular weight is 328 g/mol. The van der Waals surface area contributed by atoms with Gasteiger partial charge in [-0.3, -0.25) is 4.79 Å². The monoisotopic (exact) mass is 327 g/mol. The van der Waals surface area contributed by atoms with Crippen LogP contribution in [-0.2, 0) is 9.53 Å². The van der Waals surface area contributed by atoms with E-state index in [2.05, 4.69) is 22.6 Å². The Bertz CT molecular complexity index is 289. The van der Waals surface area contributed by atoms with Crippen molar-refractivity contribution in [1.82, 2.24) is 15.5 Å². The first-order chi connectivity index (χ1) is 8.69. The second-order valence-electron chi connectivity index (χ2n) is 5.57. The SMILES string of the molecule is CO[C@H]1CN(C)C[C@@H]1NC(=O)CC1CCNCC1.Cl.Cl. The fraction of sp³-hybridized carbons (Fsp3) is 0.923. The lowest BCUT2D eigenvalue weighted by atomic mass is 9.94. The molecule has 0 aromatic carbocycles. The molecule has 7 heteroatoms. The highest BCUT2D eigenvalue weighted by atomic mass is 35.5. The van der Waals surface area contributed by atoms with Crippen LogP contribution in [0, 0.1) is 5.92 Å². The highest BCUT2D eigenvalue weighted by Crippen LogP contribution is 2.17. The van der Waals surface area contributed by atoms with E-state index in [-0.39, 0.29) is 42.9 Å². The molecule has 2 saturated heterocycles. The standard InChI is InChI=1S/C13H25N3O2.2ClH/c1-16-8-11(12(9-16)18-2)15-13(17)7-10-3-5-14-6-4-10;;/h10-12,14H,3-9H2,1-2H3,(H,15,17);2*1H/t11-,12-;;/m0../s1. The van der Waals surface area contributed by atoms with Crippen LogP contribution in [0.3, 0.4) is 0 Å². The van der Waals surface area contributed by atoms with E-state index in [4.69, 9.17) is 4.74 Å². The summed E-state index contributed by atoms with van der Waals surface area (Å²) >= 11 is 0. The van der Waals surface area contributed by atoms with E-state index in [1.54, 1.807) is 7.11 Å². The molecule has 2 fully saturated rings. The summed E-state index contributed by atoms with van der Waals surface area (Å²) in [5.74, 6) is 0.732. The van der Waals surface area contributed by atoms with Crippen molar-refractivity contribution in [2.24, 2.45) is 5.92 Å². The van der Waals surface area contributed by atoms with E-state index in [1.807, 2.05) is 0 Å². The molecule has 2 atom stereocenters. The number of piperidine rings is 1. The van der Waals surface area contributed by atoms with E-state index in [1.165, 1.54) is 0 Å². The zero-order chi connectivity index (χ0) is 13.0. The summed E-state index contributed by atoms with van der Waals surface area (Å²) < 4.78 is 5.42.